The third-order valence-corrected chi connectivity index (χ3v) is 5.61. The van der Waals surface area contributed by atoms with Crippen LogP contribution in [0.1, 0.15) is 16.7 Å². The predicted octanol–water partition coefficient (Wildman–Crippen LogP) is 5.94. The molecule has 7 heteroatoms. The Hall–Kier alpha value is -3.32. The SMILES string of the molecule is Cc1ccc(-c2csc3ncnc(Nc4cc([N+](=O)[O-])ccc4C)c23)c(C)c1. The van der Waals surface area contributed by atoms with Crippen molar-refractivity contribution in [1.29, 1.82) is 0 Å². The lowest BCUT2D eigenvalue weighted by Crippen LogP contribution is -1.99. The minimum Gasteiger partial charge on any atom is -0.339 e. The van der Waals surface area contributed by atoms with E-state index in [2.05, 4.69) is 52.7 Å². The molecule has 0 aliphatic heterocycles. The van der Waals surface area contributed by atoms with Crippen LogP contribution in [-0.2, 0) is 0 Å². The van der Waals surface area contributed by atoms with Gasteiger partial charge >= 0.3 is 0 Å². The molecule has 0 unspecified atom stereocenters. The van der Waals surface area contributed by atoms with Gasteiger partial charge in [0.15, 0.2) is 0 Å². The fourth-order valence-corrected chi connectivity index (χ4v) is 4.18. The molecular weight excluding hydrogens is 372 g/mol. The summed E-state index contributed by atoms with van der Waals surface area (Å²) in [6, 6.07) is 11.1. The van der Waals surface area contributed by atoms with Gasteiger partial charge in [-0.2, -0.15) is 0 Å². The van der Waals surface area contributed by atoms with Gasteiger partial charge in [-0.05, 0) is 37.5 Å². The number of benzene rings is 2. The van der Waals surface area contributed by atoms with Crippen LogP contribution in [0.4, 0.5) is 17.2 Å². The maximum absolute atomic E-state index is 11.1. The zero-order valence-electron chi connectivity index (χ0n) is 15.7. The number of aromatic nitrogens is 2. The van der Waals surface area contributed by atoms with Crippen molar-refractivity contribution in [2.45, 2.75) is 20.8 Å². The van der Waals surface area contributed by atoms with Gasteiger partial charge in [-0.25, -0.2) is 9.97 Å². The molecule has 2 aromatic carbocycles. The zero-order chi connectivity index (χ0) is 19.8. The highest BCUT2D eigenvalue weighted by Gasteiger charge is 2.16. The fourth-order valence-electron chi connectivity index (χ4n) is 3.27. The lowest BCUT2D eigenvalue weighted by molar-refractivity contribution is -0.384. The van der Waals surface area contributed by atoms with Gasteiger partial charge in [-0.1, -0.05) is 29.8 Å². The average Bonchev–Trinajstić information content (AvgIpc) is 3.08. The molecule has 0 fully saturated rings. The van der Waals surface area contributed by atoms with Crippen LogP contribution < -0.4 is 5.32 Å². The summed E-state index contributed by atoms with van der Waals surface area (Å²) in [5.41, 5.74) is 6.18. The summed E-state index contributed by atoms with van der Waals surface area (Å²) in [5.74, 6) is 0.643. The third kappa shape index (κ3) is 3.20. The molecule has 0 aliphatic rings. The van der Waals surface area contributed by atoms with E-state index >= 15 is 0 Å². The van der Waals surface area contributed by atoms with E-state index in [1.54, 1.807) is 17.4 Å². The Balaban J connectivity index is 1.86. The summed E-state index contributed by atoms with van der Waals surface area (Å²) >= 11 is 1.56. The number of anilines is 2. The van der Waals surface area contributed by atoms with Gasteiger partial charge < -0.3 is 5.32 Å². The molecule has 0 amide bonds. The molecule has 28 heavy (non-hydrogen) atoms. The van der Waals surface area contributed by atoms with Gasteiger partial charge in [0.1, 0.15) is 17.0 Å². The van der Waals surface area contributed by atoms with Gasteiger partial charge in [-0.3, -0.25) is 10.1 Å². The standard InChI is InChI=1S/C21H18N4O2S/c1-12-4-7-16(14(3)8-12)17-10-28-21-19(17)20(22-11-23-21)24-18-9-15(25(26)27)6-5-13(18)2/h4-11H,1-3H3,(H,22,23,24). The van der Waals surface area contributed by atoms with Crippen molar-refractivity contribution < 1.29 is 4.92 Å². The highest BCUT2D eigenvalue weighted by molar-refractivity contribution is 7.17. The molecule has 0 bridgehead atoms. The highest BCUT2D eigenvalue weighted by atomic mass is 32.1. The lowest BCUT2D eigenvalue weighted by Gasteiger charge is -2.12. The molecular formula is C21H18N4O2S. The molecule has 2 heterocycles. The van der Waals surface area contributed by atoms with Crippen molar-refractivity contribution >= 4 is 38.7 Å². The van der Waals surface area contributed by atoms with Crippen LogP contribution in [-0.4, -0.2) is 14.9 Å². The minimum atomic E-state index is -0.397. The summed E-state index contributed by atoms with van der Waals surface area (Å²) < 4.78 is 0. The normalized spacial score (nSPS) is 11.0. The number of non-ortho nitro benzene ring substituents is 1. The third-order valence-electron chi connectivity index (χ3n) is 4.73. The number of fused-ring (bicyclic) bond motifs is 1. The summed E-state index contributed by atoms with van der Waals surface area (Å²) in [6.07, 6.45) is 1.51. The number of hydrogen-bond donors (Lipinski definition) is 1. The molecule has 0 spiro atoms. The van der Waals surface area contributed by atoms with Crippen LogP contribution in [0.25, 0.3) is 21.3 Å². The second kappa shape index (κ2) is 7.01. The number of hydrogen-bond acceptors (Lipinski definition) is 6. The van der Waals surface area contributed by atoms with Gasteiger partial charge in [0.2, 0.25) is 0 Å². The second-order valence-electron chi connectivity index (χ2n) is 6.75. The monoisotopic (exact) mass is 390 g/mol. The van der Waals surface area contributed by atoms with Crippen molar-refractivity contribution in [1.82, 2.24) is 9.97 Å². The summed E-state index contributed by atoms with van der Waals surface area (Å²) in [5, 5.41) is 17.4. The molecule has 6 nitrogen and oxygen atoms in total. The van der Waals surface area contributed by atoms with Crippen molar-refractivity contribution in [2.24, 2.45) is 0 Å². The first-order valence-corrected chi connectivity index (χ1v) is 9.64. The van der Waals surface area contributed by atoms with Gasteiger partial charge in [0, 0.05) is 28.8 Å². The Morgan fingerprint density at radius 3 is 2.57 bits per heavy atom. The van der Waals surface area contributed by atoms with E-state index in [0.717, 1.165) is 26.9 Å². The second-order valence-corrected chi connectivity index (χ2v) is 7.61. The van der Waals surface area contributed by atoms with Crippen molar-refractivity contribution in [3.63, 3.8) is 0 Å². The number of nitro groups is 1. The Morgan fingerprint density at radius 1 is 1.00 bits per heavy atom. The predicted molar refractivity (Wildman–Crippen MR) is 113 cm³/mol. The van der Waals surface area contributed by atoms with E-state index in [4.69, 9.17) is 0 Å². The van der Waals surface area contributed by atoms with E-state index in [0.29, 0.717) is 11.5 Å². The van der Waals surface area contributed by atoms with E-state index in [9.17, 15) is 10.1 Å². The molecule has 0 radical (unpaired) electrons. The molecule has 1 N–H and O–H groups in total. The molecule has 4 aromatic rings. The number of nitrogens with zero attached hydrogens (tertiary/aromatic N) is 3. The number of rotatable bonds is 4. The van der Waals surface area contributed by atoms with Gasteiger partial charge in [0.05, 0.1) is 10.3 Å². The van der Waals surface area contributed by atoms with Crippen molar-refractivity contribution in [3.8, 4) is 11.1 Å². The average molecular weight is 390 g/mol. The van der Waals surface area contributed by atoms with Crippen LogP contribution in [0.5, 0.6) is 0 Å². The first kappa shape index (κ1) is 18.1. The molecule has 0 aliphatic carbocycles. The topological polar surface area (TPSA) is 81.0 Å². The van der Waals surface area contributed by atoms with Gasteiger partial charge in [0.25, 0.3) is 5.69 Å². The summed E-state index contributed by atoms with van der Waals surface area (Å²) in [4.78, 5) is 20.5. The van der Waals surface area contributed by atoms with E-state index < -0.39 is 4.92 Å². The molecule has 140 valence electrons. The number of aryl methyl sites for hydroxylation is 3. The van der Waals surface area contributed by atoms with Crippen molar-refractivity contribution in [2.75, 3.05) is 5.32 Å². The maximum atomic E-state index is 11.1. The Bertz CT molecular complexity index is 1220. The van der Waals surface area contributed by atoms with Crippen LogP contribution in [0.15, 0.2) is 48.1 Å². The Labute approximate surface area is 166 Å². The van der Waals surface area contributed by atoms with Gasteiger partial charge in [-0.15, -0.1) is 11.3 Å². The van der Waals surface area contributed by atoms with Crippen LogP contribution >= 0.6 is 11.3 Å². The largest absolute Gasteiger partial charge is 0.339 e. The Morgan fingerprint density at radius 2 is 1.82 bits per heavy atom. The number of nitro benzene ring substituents is 1. The lowest BCUT2D eigenvalue weighted by atomic mass is 9.99. The molecule has 0 saturated carbocycles. The molecule has 4 rings (SSSR count). The summed E-state index contributed by atoms with van der Waals surface area (Å²) in [7, 11) is 0. The summed E-state index contributed by atoms with van der Waals surface area (Å²) in [6.45, 7) is 6.07. The van der Waals surface area contributed by atoms with E-state index in [-0.39, 0.29) is 5.69 Å². The first-order valence-electron chi connectivity index (χ1n) is 8.76. The quantitative estimate of drug-likeness (QED) is 0.345. The maximum Gasteiger partial charge on any atom is 0.271 e. The van der Waals surface area contributed by atoms with Crippen molar-refractivity contribution in [3.05, 3.63) is 74.9 Å². The molecule has 0 saturated heterocycles. The smallest absolute Gasteiger partial charge is 0.271 e. The van der Waals surface area contributed by atoms with Crippen LogP contribution in [0.2, 0.25) is 0 Å². The van der Waals surface area contributed by atoms with Crippen LogP contribution in [0.3, 0.4) is 0 Å². The number of nitrogens with one attached hydrogen (secondary N) is 1. The fraction of sp³-hybridized carbons (Fsp3) is 0.143. The minimum absolute atomic E-state index is 0.0401. The zero-order valence-corrected chi connectivity index (χ0v) is 16.5. The number of thiophene rings is 1. The first-order chi connectivity index (χ1) is 13.4. The van der Waals surface area contributed by atoms with E-state index in [1.165, 1.54) is 29.6 Å². The highest BCUT2D eigenvalue weighted by Crippen LogP contribution is 2.39. The molecule has 2 aromatic heterocycles. The van der Waals surface area contributed by atoms with Crippen LogP contribution in [0, 0.1) is 30.9 Å². The van der Waals surface area contributed by atoms with E-state index in [1.807, 2.05) is 6.92 Å². The molecule has 0 atom stereocenters. The Kier molecular flexibility index (Phi) is 4.52.